The minimum absolute atomic E-state index is 1.09. The maximum atomic E-state index is 8.74. The van der Waals surface area contributed by atoms with Crippen LogP contribution in [0, 0.1) is 13.8 Å². The Hall–Kier alpha value is -0.980. The summed E-state index contributed by atoms with van der Waals surface area (Å²) >= 11 is 0. The monoisotopic (exact) mass is 205 g/mol. The molecule has 0 bridgehead atoms. The third kappa shape index (κ3) is 11.0. The van der Waals surface area contributed by atoms with Crippen LogP contribution in [0.1, 0.15) is 11.4 Å². The van der Waals surface area contributed by atoms with E-state index in [0.717, 1.165) is 11.4 Å². The first-order valence-corrected chi connectivity index (χ1v) is 4.79. The smallest absolute Gasteiger partial charge is 0.264 e. The highest BCUT2D eigenvalue weighted by atomic mass is 32.3. The van der Waals surface area contributed by atoms with Crippen molar-refractivity contribution >= 4 is 10.4 Å². The molecule has 0 spiro atoms. The van der Waals surface area contributed by atoms with Gasteiger partial charge >= 0.3 is 10.4 Å². The van der Waals surface area contributed by atoms with Crippen molar-refractivity contribution in [2.75, 3.05) is 0 Å². The van der Waals surface area contributed by atoms with Crippen LogP contribution >= 0.6 is 0 Å². The first kappa shape index (κ1) is 12.0. The lowest BCUT2D eigenvalue weighted by Crippen LogP contribution is -1.89. The predicted molar refractivity (Wildman–Crippen MR) is 47.9 cm³/mol. The minimum Gasteiger partial charge on any atom is -0.264 e. The van der Waals surface area contributed by atoms with Gasteiger partial charge in [0.2, 0.25) is 0 Å². The second-order valence-corrected chi connectivity index (χ2v) is 3.26. The molecule has 5 nitrogen and oxygen atoms in total. The molecule has 13 heavy (non-hydrogen) atoms. The maximum Gasteiger partial charge on any atom is 0.394 e. The van der Waals surface area contributed by atoms with Crippen molar-refractivity contribution in [2.24, 2.45) is 0 Å². The number of hydrogen-bond acceptors (Lipinski definition) is 3. The third-order valence-electron chi connectivity index (χ3n) is 1.03. The molecule has 74 valence electrons. The summed E-state index contributed by atoms with van der Waals surface area (Å²) in [6, 6.07) is 6.00. The Morgan fingerprint density at radius 3 is 1.62 bits per heavy atom. The zero-order chi connectivity index (χ0) is 10.5. The van der Waals surface area contributed by atoms with Gasteiger partial charge in [0.15, 0.2) is 0 Å². The van der Waals surface area contributed by atoms with Crippen molar-refractivity contribution in [1.29, 1.82) is 0 Å². The topological polar surface area (TPSA) is 87.5 Å². The largest absolute Gasteiger partial charge is 0.394 e. The molecule has 2 N–H and O–H groups in total. The average molecular weight is 205 g/mol. The Morgan fingerprint density at radius 1 is 1.15 bits per heavy atom. The van der Waals surface area contributed by atoms with Crippen molar-refractivity contribution in [2.45, 2.75) is 13.8 Å². The Labute approximate surface area is 77.0 Å². The molecule has 0 unspecified atom stereocenters. The molecule has 1 aromatic heterocycles. The van der Waals surface area contributed by atoms with E-state index >= 15 is 0 Å². The fourth-order valence-corrected chi connectivity index (χ4v) is 0.679. The van der Waals surface area contributed by atoms with E-state index in [4.69, 9.17) is 17.5 Å². The zero-order valence-electron chi connectivity index (χ0n) is 7.30. The van der Waals surface area contributed by atoms with E-state index in [9.17, 15) is 0 Å². The van der Waals surface area contributed by atoms with Crippen molar-refractivity contribution in [3.8, 4) is 0 Å². The average Bonchev–Trinajstić information content (AvgIpc) is 1.81. The van der Waals surface area contributed by atoms with Crippen LogP contribution in [0.3, 0.4) is 0 Å². The molecule has 0 saturated carbocycles. The quantitative estimate of drug-likeness (QED) is 0.618. The second kappa shape index (κ2) is 4.90. The van der Waals surface area contributed by atoms with Gasteiger partial charge in [-0.1, -0.05) is 6.07 Å². The van der Waals surface area contributed by atoms with Crippen LogP contribution in [0.15, 0.2) is 18.2 Å². The van der Waals surface area contributed by atoms with Crippen LogP contribution < -0.4 is 0 Å². The Bertz CT molecular complexity index is 335. The summed E-state index contributed by atoms with van der Waals surface area (Å²) < 4.78 is 31.6. The molecule has 0 aliphatic carbocycles. The van der Waals surface area contributed by atoms with Gasteiger partial charge in [-0.25, -0.2) is 0 Å². The Balaban J connectivity index is 0.000000252. The van der Waals surface area contributed by atoms with Crippen LogP contribution in [0.5, 0.6) is 0 Å². The van der Waals surface area contributed by atoms with Crippen LogP contribution in [0.4, 0.5) is 0 Å². The highest BCUT2D eigenvalue weighted by Gasteiger charge is 1.84. The Morgan fingerprint density at radius 2 is 1.46 bits per heavy atom. The molecular weight excluding hydrogens is 194 g/mol. The molecule has 0 atom stereocenters. The van der Waals surface area contributed by atoms with Gasteiger partial charge in [0.1, 0.15) is 0 Å². The Kier molecular flexibility index (Phi) is 4.53. The third-order valence-corrected chi connectivity index (χ3v) is 1.03. The molecule has 1 heterocycles. The number of rotatable bonds is 0. The van der Waals surface area contributed by atoms with Gasteiger partial charge < -0.3 is 0 Å². The molecule has 1 rings (SSSR count). The summed E-state index contributed by atoms with van der Waals surface area (Å²) in [5.41, 5.74) is 2.18. The van der Waals surface area contributed by atoms with E-state index in [1.54, 1.807) is 0 Å². The minimum atomic E-state index is -4.67. The lowest BCUT2D eigenvalue weighted by molar-refractivity contribution is 0.381. The molecule has 0 fully saturated rings. The van der Waals surface area contributed by atoms with Crippen LogP contribution in [-0.2, 0) is 10.4 Å². The molecule has 0 amide bonds. The molecule has 6 heteroatoms. The van der Waals surface area contributed by atoms with Crippen LogP contribution in [0.2, 0.25) is 0 Å². The summed E-state index contributed by atoms with van der Waals surface area (Å²) in [5.74, 6) is 0. The normalized spacial score (nSPS) is 10.2. The maximum absolute atomic E-state index is 8.74. The van der Waals surface area contributed by atoms with E-state index in [1.807, 2.05) is 32.0 Å². The number of hydrogen-bond donors (Lipinski definition) is 2. The first-order chi connectivity index (χ1) is 5.79. The van der Waals surface area contributed by atoms with E-state index in [-0.39, 0.29) is 0 Å². The van der Waals surface area contributed by atoms with Crippen LogP contribution in [0.25, 0.3) is 0 Å². The fraction of sp³-hybridized carbons (Fsp3) is 0.286. The van der Waals surface area contributed by atoms with E-state index in [0.29, 0.717) is 0 Å². The standard InChI is InChI=1S/C7H9N.H2O4S/c1-6-4-3-5-7(2)8-6;1-5(2,3)4/h3-5H,1-2H3;(H2,1,2,3,4). The number of pyridine rings is 1. The molecule has 1 aromatic rings. The van der Waals surface area contributed by atoms with E-state index < -0.39 is 10.4 Å². The van der Waals surface area contributed by atoms with Gasteiger partial charge in [-0.05, 0) is 26.0 Å². The van der Waals surface area contributed by atoms with Gasteiger partial charge in [-0.15, -0.1) is 0 Å². The molecular formula is C7H11NO4S. The lowest BCUT2D eigenvalue weighted by Gasteiger charge is -1.90. The molecule has 0 aromatic carbocycles. The van der Waals surface area contributed by atoms with Gasteiger partial charge in [-0.3, -0.25) is 14.1 Å². The van der Waals surface area contributed by atoms with Crippen molar-refractivity contribution in [3.63, 3.8) is 0 Å². The fourth-order valence-electron chi connectivity index (χ4n) is 0.679. The van der Waals surface area contributed by atoms with Crippen LogP contribution in [-0.4, -0.2) is 22.5 Å². The molecule has 0 aliphatic rings. The lowest BCUT2D eigenvalue weighted by atomic mass is 10.3. The van der Waals surface area contributed by atoms with Gasteiger partial charge in [0, 0.05) is 11.4 Å². The highest BCUT2D eigenvalue weighted by molar-refractivity contribution is 7.79. The molecule has 0 aliphatic heterocycles. The van der Waals surface area contributed by atoms with E-state index in [1.165, 1.54) is 0 Å². The van der Waals surface area contributed by atoms with Crippen molar-refractivity contribution in [3.05, 3.63) is 29.6 Å². The number of nitrogens with zero attached hydrogens (tertiary/aromatic N) is 1. The summed E-state index contributed by atoms with van der Waals surface area (Å²) in [4.78, 5) is 4.17. The number of aromatic nitrogens is 1. The molecule has 0 radical (unpaired) electrons. The van der Waals surface area contributed by atoms with Crippen molar-refractivity contribution in [1.82, 2.24) is 4.98 Å². The summed E-state index contributed by atoms with van der Waals surface area (Å²) in [5, 5.41) is 0. The second-order valence-electron chi connectivity index (χ2n) is 2.37. The number of aryl methyl sites for hydroxylation is 2. The zero-order valence-corrected chi connectivity index (χ0v) is 8.11. The summed E-state index contributed by atoms with van der Waals surface area (Å²) in [6.45, 7) is 3.99. The highest BCUT2D eigenvalue weighted by Crippen LogP contribution is 1.93. The predicted octanol–water partition coefficient (Wildman–Crippen LogP) is 1.05. The van der Waals surface area contributed by atoms with Gasteiger partial charge in [-0.2, -0.15) is 8.42 Å². The van der Waals surface area contributed by atoms with Crippen molar-refractivity contribution < 1.29 is 17.5 Å². The molecule has 0 saturated heterocycles. The van der Waals surface area contributed by atoms with Gasteiger partial charge in [0.05, 0.1) is 0 Å². The van der Waals surface area contributed by atoms with Gasteiger partial charge in [0.25, 0.3) is 0 Å². The first-order valence-electron chi connectivity index (χ1n) is 3.39. The summed E-state index contributed by atoms with van der Waals surface area (Å²) in [7, 11) is -4.67. The van der Waals surface area contributed by atoms with E-state index in [2.05, 4.69) is 4.98 Å². The summed E-state index contributed by atoms with van der Waals surface area (Å²) in [6.07, 6.45) is 0. The SMILES string of the molecule is Cc1cccc(C)n1.O=S(=O)(O)O.